The molecule has 0 aliphatic rings. The lowest BCUT2D eigenvalue weighted by Crippen LogP contribution is -2.40. The van der Waals surface area contributed by atoms with E-state index in [2.05, 4.69) is 20.0 Å². The van der Waals surface area contributed by atoms with Crippen molar-refractivity contribution >= 4 is 20.8 Å². The highest BCUT2D eigenvalue weighted by Crippen LogP contribution is 2.18. The van der Waals surface area contributed by atoms with Crippen molar-refractivity contribution in [2.45, 2.75) is 24.3 Å². The molecule has 1 unspecified atom stereocenters. The second kappa shape index (κ2) is 8.35. The van der Waals surface area contributed by atoms with Crippen molar-refractivity contribution in [2.75, 3.05) is 13.1 Å². The van der Waals surface area contributed by atoms with Crippen LogP contribution in [0.5, 0.6) is 0 Å². The molecular weight excluding hydrogens is 348 g/mol. The Bertz CT molecular complexity index is 961. The molecule has 0 spiro atoms. The summed E-state index contributed by atoms with van der Waals surface area (Å²) in [4.78, 5) is 8.38. The molecule has 1 aromatic carbocycles. The molecule has 2 N–H and O–H groups in total. The maximum absolute atomic E-state index is 12.6. The summed E-state index contributed by atoms with van der Waals surface area (Å²) < 4.78 is 27.9. The van der Waals surface area contributed by atoms with Gasteiger partial charge < -0.3 is 5.32 Å². The van der Waals surface area contributed by atoms with Crippen LogP contribution in [0.3, 0.4) is 0 Å². The van der Waals surface area contributed by atoms with Gasteiger partial charge in [-0.25, -0.2) is 13.1 Å². The first-order valence-electron chi connectivity index (χ1n) is 8.50. The molecular formula is C19H22N4O2S. The molecule has 3 aromatic rings. The quantitative estimate of drug-likeness (QED) is 0.594. The topological polar surface area (TPSA) is 84.0 Å². The molecule has 0 aliphatic carbocycles. The van der Waals surface area contributed by atoms with Crippen molar-refractivity contribution in [1.29, 1.82) is 0 Å². The van der Waals surface area contributed by atoms with Crippen molar-refractivity contribution in [3.05, 3.63) is 66.7 Å². The molecule has 0 fully saturated rings. The maximum atomic E-state index is 12.6. The zero-order valence-corrected chi connectivity index (χ0v) is 15.4. The second-order valence-electron chi connectivity index (χ2n) is 6.22. The Morgan fingerprint density at radius 1 is 1.04 bits per heavy atom. The molecule has 2 aromatic heterocycles. The van der Waals surface area contributed by atoms with E-state index in [0.717, 1.165) is 29.3 Å². The highest BCUT2D eigenvalue weighted by Gasteiger charge is 2.17. The van der Waals surface area contributed by atoms with E-state index >= 15 is 0 Å². The van der Waals surface area contributed by atoms with E-state index < -0.39 is 10.0 Å². The standard InChI is InChI=1S/C19H22N4O2S/c1-15(12-21-9-6-16-3-2-8-20-13-16)23-26(24,25)19-5-4-18-14-22-10-7-17(18)11-19/h2-5,7-8,10-11,13-15,21,23H,6,9,12H2,1H3. The molecule has 2 heterocycles. The Hall–Kier alpha value is -2.35. The fourth-order valence-corrected chi connectivity index (χ4v) is 3.98. The molecule has 1 atom stereocenters. The zero-order chi connectivity index (χ0) is 18.4. The van der Waals surface area contributed by atoms with Gasteiger partial charge in [-0.2, -0.15) is 0 Å². The number of rotatable bonds is 8. The summed E-state index contributed by atoms with van der Waals surface area (Å²) in [7, 11) is -3.56. The minimum absolute atomic E-state index is 0.220. The predicted molar refractivity (Wildman–Crippen MR) is 102 cm³/mol. The van der Waals surface area contributed by atoms with Crippen LogP contribution in [0.2, 0.25) is 0 Å². The average molecular weight is 370 g/mol. The SMILES string of the molecule is CC(CNCCc1cccnc1)NS(=O)(=O)c1ccc2cnccc2c1. The van der Waals surface area contributed by atoms with Crippen LogP contribution in [0.1, 0.15) is 12.5 Å². The largest absolute Gasteiger partial charge is 0.315 e. The number of nitrogens with zero attached hydrogens (tertiary/aromatic N) is 2. The van der Waals surface area contributed by atoms with Gasteiger partial charge in [0.25, 0.3) is 0 Å². The number of hydrogen-bond donors (Lipinski definition) is 2. The molecule has 0 saturated carbocycles. The summed E-state index contributed by atoms with van der Waals surface area (Å²) in [6.45, 7) is 3.16. The van der Waals surface area contributed by atoms with Gasteiger partial charge in [-0.15, -0.1) is 0 Å². The van der Waals surface area contributed by atoms with Gasteiger partial charge in [0.2, 0.25) is 10.0 Å². The lowest BCUT2D eigenvalue weighted by molar-refractivity contribution is 0.537. The van der Waals surface area contributed by atoms with Crippen molar-refractivity contribution < 1.29 is 8.42 Å². The van der Waals surface area contributed by atoms with Crippen molar-refractivity contribution in [3.63, 3.8) is 0 Å². The molecule has 7 heteroatoms. The van der Waals surface area contributed by atoms with E-state index in [4.69, 9.17) is 0 Å². The van der Waals surface area contributed by atoms with E-state index in [1.54, 1.807) is 42.9 Å². The third-order valence-electron chi connectivity index (χ3n) is 4.04. The molecule has 0 bridgehead atoms. The van der Waals surface area contributed by atoms with Gasteiger partial charge >= 0.3 is 0 Å². The van der Waals surface area contributed by atoms with Crippen molar-refractivity contribution in [1.82, 2.24) is 20.0 Å². The highest BCUT2D eigenvalue weighted by molar-refractivity contribution is 7.89. The summed E-state index contributed by atoms with van der Waals surface area (Å²) in [6.07, 6.45) is 7.81. The van der Waals surface area contributed by atoms with Crippen LogP contribution in [0.4, 0.5) is 0 Å². The van der Waals surface area contributed by atoms with Gasteiger partial charge in [-0.3, -0.25) is 9.97 Å². The van der Waals surface area contributed by atoms with Crippen LogP contribution in [-0.2, 0) is 16.4 Å². The Labute approximate surface area is 153 Å². The minimum atomic E-state index is -3.56. The van der Waals surface area contributed by atoms with Gasteiger partial charge in [0.15, 0.2) is 0 Å². The number of hydrogen-bond acceptors (Lipinski definition) is 5. The monoisotopic (exact) mass is 370 g/mol. The van der Waals surface area contributed by atoms with E-state index in [-0.39, 0.29) is 10.9 Å². The summed E-state index contributed by atoms with van der Waals surface area (Å²) in [5.41, 5.74) is 1.15. The first-order chi connectivity index (χ1) is 12.5. The molecule has 0 amide bonds. The van der Waals surface area contributed by atoms with E-state index in [1.165, 1.54) is 0 Å². The summed E-state index contributed by atoms with van der Waals surface area (Å²) in [5, 5.41) is 5.04. The van der Waals surface area contributed by atoms with Crippen molar-refractivity contribution in [3.8, 4) is 0 Å². The Morgan fingerprint density at radius 2 is 1.88 bits per heavy atom. The first-order valence-corrected chi connectivity index (χ1v) is 9.99. The van der Waals surface area contributed by atoms with Crippen LogP contribution < -0.4 is 10.0 Å². The number of aromatic nitrogens is 2. The molecule has 0 radical (unpaired) electrons. The Kier molecular flexibility index (Phi) is 5.92. The van der Waals surface area contributed by atoms with Gasteiger partial charge in [0.05, 0.1) is 4.90 Å². The van der Waals surface area contributed by atoms with E-state index in [0.29, 0.717) is 6.54 Å². The number of sulfonamides is 1. The van der Waals surface area contributed by atoms with Crippen LogP contribution in [0, 0.1) is 0 Å². The normalized spacial score (nSPS) is 13.0. The number of fused-ring (bicyclic) bond motifs is 1. The van der Waals surface area contributed by atoms with Crippen LogP contribution >= 0.6 is 0 Å². The van der Waals surface area contributed by atoms with Crippen LogP contribution in [-0.4, -0.2) is 37.5 Å². The second-order valence-corrected chi connectivity index (χ2v) is 7.94. The fraction of sp³-hybridized carbons (Fsp3) is 0.263. The first kappa shape index (κ1) is 18.4. The van der Waals surface area contributed by atoms with Gasteiger partial charge in [-0.1, -0.05) is 12.1 Å². The summed E-state index contributed by atoms with van der Waals surface area (Å²) in [5.74, 6) is 0. The number of benzene rings is 1. The van der Waals surface area contributed by atoms with Gasteiger partial charge in [0, 0.05) is 42.8 Å². The van der Waals surface area contributed by atoms with E-state index in [9.17, 15) is 8.42 Å². The predicted octanol–water partition coefficient (Wildman–Crippen LogP) is 2.13. The Balaban J connectivity index is 1.54. The molecule has 3 rings (SSSR count). The summed E-state index contributed by atoms with van der Waals surface area (Å²) >= 11 is 0. The van der Waals surface area contributed by atoms with Crippen molar-refractivity contribution in [2.24, 2.45) is 0 Å². The highest BCUT2D eigenvalue weighted by atomic mass is 32.2. The van der Waals surface area contributed by atoms with E-state index in [1.807, 2.05) is 25.3 Å². The third-order valence-corrected chi connectivity index (χ3v) is 5.63. The molecule has 0 aliphatic heterocycles. The van der Waals surface area contributed by atoms with Crippen LogP contribution in [0.15, 0.2) is 66.1 Å². The lowest BCUT2D eigenvalue weighted by Gasteiger charge is -2.15. The van der Waals surface area contributed by atoms with Crippen LogP contribution in [0.25, 0.3) is 10.8 Å². The average Bonchev–Trinajstić information content (AvgIpc) is 2.65. The Morgan fingerprint density at radius 3 is 2.69 bits per heavy atom. The minimum Gasteiger partial charge on any atom is -0.315 e. The summed E-state index contributed by atoms with van der Waals surface area (Å²) in [6, 6.07) is 10.6. The molecule has 6 nitrogen and oxygen atoms in total. The number of pyridine rings is 2. The smallest absolute Gasteiger partial charge is 0.240 e. The lowest BCUT2D eigenvalue weighted by atomic mass is 10.2. The number of nitrogens with one attached hydrogen (secondary N) is 2. The molecule has 26 heavy (non-hydrogen) atoms. The molecule has 0 saturated heterocycles. The van der Waals surface area contributed by atoms with Gasteiger partial charge in [0.1, 0.15) is 0 Å². The zero-order valence-electron chi connectivity index (χ0n) is 14.6. The fourth-order valence-electron chi connectivity index (χ4n) is 2.70. The maximum Gasteiger partial charge on any atom is 0.240 e. The van der Waals surface area contributed by atoms with Gasteiger partial charge in [-0.05, 0) is 55.1 Å². The third kappa shape index (κ3) is 4.85. The molecule has 136 valence electrons.